The van der Waals surface area contributed by atoms with Gasteiger partial charge in [0, 0.05) is 13.2 Å². The lowest BCUT2D eigenvalue weighted by molar-refractivity contribution is -0.125. The number of nitrogens with zero attached hydrogens (tertiary/aromatic N) is 2. The van der Waals surface area contributed by atoms with Crippen LogP contribution in [0, 0.1) is 0 Å². The Morgan fingerprint density at radius 2 is 2.25 bits per heavy atom. The lowest BCUT2D eigenvalue weighted by Gasteiger charge is -1.99. The molecule has 1 aromatic rings. The molecule has 0 N–H and O–H groups in total. The quantitative estimate of drug-likeness (QED) is 0.612. The standard InChI is InChI=1S/C9H8ClF3N2O/c1-15-5-6(10)8(14-15)7(16)3-2-4-9(11,12)13/h2-3,5H,4H2,1H3/b3-2+. The molecule has 0 saturated heterocycles. The first kappa shape index (κ1) is 12.8. The minimum Gasteiger partial charge on any atom is -0.287 e. The second kappa shape index (κ2) is 4.69. The SMILES string of the molecule is Cn1cc(Cl)c(C(=O)/C=C/CC(F)(F)F)n1. The molecule has 1 aromatic heterocycles. The van der Waals surface area contributed by atoms with E-state index in [9.17, 15) is 18.0 Å². The Labute approximate surface area is 94.5 Å². The highest BCUT2D eigenvalue weighted by molar-refractivity contribution is 6.34. The maximum absolute atomic E-state index is 11.8. The van der Waals surface area contributed by atoms with E-state index < -0.39 is 18.4 Å². The number of hydrogen-bond acceptors (Lipinski definition) is 2. The maximum Gasteiger partial charge on any atom is 0.392 e. The maximum atomic E-state index is 11.8. The van der Waals surface area contributed by atoms with Crippen molar-refractivity contribution in [3.8, 4) is 0 Å². The number of carbonyl (C=O) groups is 1. The van der Waals surface area contributed by atoms with Gasteiger partial charge >= 0.3 is 6.18 Å². The predicted octanol–water partition coefficient (Wildman–Crippen LogP) is 2.76. The molecular formula is C9H8ClF3N2O. The number of ketones is 1. The van der Waals surface area contributed by atoms with Crippen molar-refractivity contribution in [2.45, 2.75) is 12.6 Å². The van der Waals surface area contributed by atoms with Gasteiger partial charge in [-0.3, -0.25) is 9.48 Å². The van der Waals surface area contributed by atoms with Gasteiger partial charge in [-0.1, -0.05) is 17.7 Å². The predicted molar refractivity (Wildman–Crippen MR) is 52.4 cm³/mol. The van der Waals surface area contributed by atoms with E-state index in [2.05, 4.69) is 5.10 Å². The van der Waals surface area contributed by atoms with E-state index >= 15 is 0 Å². The van der Waals surface area contributed by atoms with E-state index in [0.29, 0.717) is 0 Å². The molecule has 7 heteroatoms. The number of aromatic nitrogens is 2. The summed E-state index contributed by atoms with van der Waals surface area (Å²) >= 11 is 5.65. The molecule has 1 rings (SSSR count). The monoisotopic (exact) mass is 252 g/mol. The highest BCUT2D eigenvalue weighted by atomic mass is 35.5. The molecule has 0 fully saturated rings. The number of alkyl halides is 3. The number of hydrogen-bond donors (Lipinski definition) is 0. The average Bonchev–Trinajstić information content (AvgIpc) is 2.43. The fourth-order valence-electron chi connectivity index (χ4n) is 1.01. The summed E-state index contributed by atoms with van der Waals surface area (Å²) in [5.41, 5.74) is -0.0532. The zero-order valence-corrected chi connectivity index (χ0v) is 9.01. The van der Waals surface area contributed by atoms with Gasteiger partial charge in [0.2, 0.25) is 5.78 Å². The summed E-state index contributed by atoms with van der Waals surface area (Å²) < 4.78 is 36.7. The molecule has 0 atom stereocenters. The number of rotatable bonds is 3. The van der Waals surface area contributed by atoms with Crippen LogP contribution < -0.4 is 0 Å². The topological polar surface area (TPSA) is 34.9 Å². The van der Waals surface area contributed by atoms with Crippen LogP contribution in [0.4, 0.5) is 13.2 Å². The molecule has 0 amide bonds. The van der Waals surface area contributed by atoms with E-state index in [1.165, 1.54) is 10.9 Å². The first-order valence-corrected chi connectivity index (χ1v) is 4.64. The zero-order valence-electron chi connectivity index (χ0n) is 8.25. The molecule has 0 aromatic carbocycles. The fourth-order valence-corrected chi connectivity index (χ4v) is 1.28. The van der Waals surface area contributed by atoms with Crippen LogP contribution in [0.15, 0.2) is 18.3 Å². The largest absolute Gasteiger partial charge is 0.392 e. The number of carbonyl (C=O) groups excluding carboxylic acids is 1. The second-order valence-electron chi connectivity index (χ2n) is 3.09. The van der Waals surface area contributed by atoms with Crippen molar-refractivity contribution < 1.29 is 18.0 Å². The van der Waals surface area contributed by atoms with Crippen molar-refractivity contribution in [2.24, 2.45) is 7.05 Å². The van der Waals surface area contributed by atoms with Gasteiger partial charge in [-0.2, -0.15) is 18.3 Å². The van der Waals surface area contributed by atoms with Crippen molar-refractivity contribution in [2.75, 3.05) is 0 Å². The second-order valence-corrected chi connectivity index (χ2v) is 3.49. The molecule has 1 heterocycles. The van der Waals surface area contributed by atoms with Gasteiger partial charge in [0.25, 0.3) is 0 Å². The third-order valence-corrected chi connectivity index (χ3v) is 1.91. The molecule has 0 bridgehead atoms. The van der Waals surface area contributed by atoms with Gasteiger partial charge in [-0.05, 0) is 6.08 Å². The smallest absolute Gasteiger partial charge is 0.287 e. The summed E-state index contributed by atoms with van der Waals surface area (Å²) in [6.45, 7) is 0. The van der Waals surface area contributed by atoms with Crippen LogP contribution >= 0.6 is 11.6 Å². The summed E-state index contributed by atoms with van der Waals surface area (Å²) in [4.78, 5) is 11.4. The minimum absolute atomic E-state index is 0.0532. The van der Waals surface area contributed by atoms with Crippen LogP contribution in [0.2, 0.25) is 5.02 Å². The molecule has 0 saturated carbocycles. The van der Waals surface area contributed by atoms with Gasteiger partial charge in [0.15, 0.2) is 5.69 Å². The van der Waals surface area contributed by atoms with Gasteiger partial charge in [-0.25, -0.2) is 0 Å². The van der Waals surface area contributed by atoms with Gasteiger partial charge in [-0.15, -0.1) is 0 Å². The highest BCUT2D eigenvalue weighted by Crippen LogP contribution is 2.20. The Hall–Kier alpha value is -1.30. The number of allylic oxidation sites excluding steroid dienone is 2. The molecular weight excluding hydrogens is 245 g/mol. The van der Waals surface area contributed by atoms with Crippen LogP contribution in [0.1, 0.15) is 16.9 Å². The van der Waals surface area contributed by atoms with Crippen LogP contribution in [-0.4, -0.2) is 21.7 Å². The molecule has 16 heavy (non-hydrogen) atoms. The third kappa shape index (κ3) is 3.69. The minimum atomic E-state index is -4.31. The fraction of sp³-hybridized carbons (Fsp3) is 0.333. The average molecular weight is 253 g/mol. The third-order valence-electron chi connectivity index (χ3n) is 1.64. The summed E-state index contributed by atoms with van der Waals surface area (Å²) in [6, 6.07) is 0. The Morgan fingerprint density at radius 1 is 1.62 bits per heavy atom. The highest BCUT2D eigenvalue weighted by Gasteiger charge is 2.25. The molecule has 0 aliphatic rings. The van der Waals surface area contributed by atoms with Crippen LogP contribution in [0.5, 0.6) is 0 Å². The van der Waals surface area contributed by atoms with Crippen LogP contribution in [0.25, 0.3) is 0 Å². The molecule has 0 radical (unpaired) electrons. The molecule has 0 aliphatic heterocycles. The zero-order chi connectivity index (χ0) is 12.3. The molecule has 0 aliphatic carbocycles. The van der Waals surface area contributed by atoms with Crippen molar-refractivity contribution in [3.05, 3.63) is 29.1 Å². The summed E-state index contributed by atoms with van der Waals surface area (Å²) in [5.74, 6) is -0.644. The molecule has 0 spiro atoms. The Kier molecular flexibility index (Phi) is 3.74. The molecule has 3 nitrogen and oxygen atoms in total. The van der Waals surface area contributed by atoms with Gasteiger partial charge in [0.1, 0.15) is 0 Å². The van der Waals surface area contributed by atoms with E-state index in [4.69, 9.17) is 11.6 Å². The first-order chi connectivity index (χ1) is 7.29. The first-order valence-electron chi connectivity index (χ1n) is 4.26. The number of aryl methyl sites for hydroxylation is 1. The Balaban J connectivity index is 2.70. The van der Waals surface area contributed by atoms with Crippen molar-refractivity contribution in [1.29, 1.82) is 0 Å². The Bertz CT molecular complexity index is 423. The van der Waals surface area contributed by atoms with E-state index in [1.807, 2.05) is 0 Å². The lowest BCUT2D eigenvalue weighted by atomic mass is 10.2. The van der Waals surface area contributed by atoms with E-state index in [1.54, 1.807) is 7.05 Å². The lowest BCUT2D eigenvalue weighted by Crippen LogP contribution is -2.05. The number of halogens is 4. The van der Waals surface area contributed by atoms with Gasteiger partial charge in [0.05, 0.1) is 11.4 Å². The van der Waals surface area contributed by atoms with Crippen molar-refractivity contribution >= 4 is 17.4 Å². The van der Waals surface area contributed by atoms with E-state index in [-0.39, 0.29) is 10.7 Å². The van der Waals surface area contributed by atoms with Crippen LogP contribution in [0.3, 0.4) is 0 Å². The summed E-state index contributed by atoms with van der Waals surface area (Å²) in [7, 11) is 1.56. The van der Waals surface area contributed by atoms with E-state index in [0.717, 1.165) is 12.2 Å². The molecule has 88 valence electrons. The van der Waals surface area contributed by atoms with Crippen LogP contribution in [-0.2, 0) is 7.05 Å². The summed E-state index contributed by atoms with van der Waals surface area (Å²) in [6.07, 6.45) is -2.50. The van der Waals surface area contributed by atoms with Gasteiger partial charge < -0.3 is 0 Å². The van der Waals surface area contributed by atoms with Crippen molar-refractivity contribution in [1.82, 2.24) is 9.78 Å². The summed E-state index contributed by atoms with van der Waals surface area (Å²) in [5, 5.41) is 3.84. The normalized spacial score (nSPS) is 12.3. The molecule has 0 unspecified atom stereocenters. The Morgan fingerprint density at radius 3 is 2.69 bits per heavy atom. The van der Waals surface area contributed by atoms with Crippen molar-refractivity contribution in [3.63, 3.8) is 0 Å².